The van der Waals surface area contributed by atoms with Crippen molar-refractivity contribution in [1.82, 2.24) is 9.80 Å². The quantitative estimate of drug-likeness (QED) is 0.795. The first-order chi connectivity index (χ1) is 13.7. The zero-order chi connectivity index (χ0) is 19.3. The van der Waals surface area contributed by atoms with Gasteiger partial charge in [-0.05, 0) is 24.7 Å². The number of carbonyl (C=O) groups excluding carboxylic acids is 1. The highest BCUT2D eigenvalue weighted by Crippen LogP contribution is 2.31. The second-order valence-electron chi connectivity index (χ2n) is 7.29. The van der Waals surface area contributed by atoms with E-state index < -0.39 is 0 Å². The van der Waals surface area contributed by atoms with Gasteiger partial charge in [-0.3, -0.25) is 4.79 Å². The molecule has 2 aliphatic heterocycles. The Morgan fingerprint density at radius 3 is 2.64 bits per heavy atom. The minimum atomic E-state index is -0.208. The molecule has 0 spiro atoms. The van der Waals surface area contributed by atoms with E-state index in [4.69, 9.17) is 14.2 Å². The van der Waals surface area contributed by atoms with E-state index in [1.165, 1.54) is 0 Å². The summed E-state index contributed by atoms with van der Waals surface area (Å²) in [6.07, 6.45) is -0.208. The van der Waals surface area contributed by atoms with E-state index in [-0.39, 0.29) is 24.7 Å². The molecule has 1 amide bonds. The van der Waals surface area contributed by atoms with Gasteiger partial charge in [-0.1, -0.05) is 42.5 Å². The van der Waals surface area contributed by atoms with Gasteiger partial charge < -0.3 is 24.0 Å². The average Bonchev–Trinajstić information content (AvgIpc) is 2.74. The van der Waals surface area contributed by atoms with Crippen LogP contribution in [0.3, 0.4) is 0 Å². The van der Waals surface area contributed by atoms with Crippen LogP contribution in [0.5, 0.6) is 11.5 Å². The second kappa shape index (κ2) is 8.63. The zero-order valence-corrected chi connectivity index (χ0v) is 16.1. The normalized spacial score (nSPS) is 22.1. The maximum Gasteiger partial charge on any atom is 0.249 e. The molecule has 0 bridgehead atoms. The Kier molecular flexibility index (Phi) is 5.78. The van der Waals surface area contributed by atoms with Crippen LogP contribution < -0.4 is 9.47 Å². The molecule has 2 aliphatic rings. The molecule has 1 fully saturated rings. The topological polar surface area (TPSA) is 51.2 Å². The molecule has 0 aromatic heterocycles. The fraction of sp³-hybridized carbons (Fsp3) is 0.409. The van der Waals surface area contributed by atoms with Gasteiger partial charge in [0, 0.05) is 19.6 Å². The van der Waals surface area contributed by atoms with Crippen LogP contribution in [0, 0.1) is 0 Å². The van der Waals surface area contributed by atoms with E-state index >= 15 is 0 Å². The zero-order valence-electron chi connectivity index (χ0n) is 16.1. The maximum atomic E-state index is 12.8. The molecule has 4 rings (SSSR count). The summed E-state index contributed by atoms with van der Waals surface area (Å²) < 4.78 is 17.3. The Morgan fingerprint density at radius 2 is 1.82 bits per heavy atom. The third kappa shape index (κ3) is 4.29. The van der Waals surface area contributed by atoms with Crippen LogP contribution in [0.15, 0.2) is 54.6 Å². The molecule has 0 aliphatic carbocycles. The van der Waals surface area contributed by atoms with Crippen LogP contribution in [0.1, 0.15) is 11.6 Å². The lowest BCUT2D eigenvalue weighted by atomic mass is 10.0. The highest BCUT2D eigenvalue weighted by atomic mass is 16.6. The van der Waals surface area contributed by atoms with Gasteiger partial charge in [0.15, 0.2) is 17.6 Å². The largest absolute Gasteiger partial charge is 0.486 e. The Labute approximate surface area is 165 Å². The van der Waals surface area contributed by atoms with Crippen LogP contribution in [0.4, 0.5) is 0 Å². The number of benzene rings is 2. The van der Waals surface area contributed by atoms with E-state index in [9.17, 15) is 4.79 Å². The lowest BCUT2D eigenvalue weighted by Crippen LogP contribution is -2.50. The number of para-hydroxylation sites is 2. The number of carbonyl (C=O) groups is 1. The van der Waals surface area contributed by atoms with Crippen molar-refractivity contribution in [2.75, 3.05) is 46.5 Å². The highest BCUT2D eigenvalue weighted by Gasteiger charge is 2.30. The summed E-state index contributed by atoms with van der Waals surface area (Å²) in [7, 11) is 2.09. The van der Waals surface area contributed by atoms with Crippen LogP contribution in [0.25, 0.3) is 0 Å². The van der Waals surface area contributed by atoms with Crippen LogP contribution in [0.2, 0.25) is 0 Å². The van der Waals surface area contributed by atoms with Gasteiger partial charge >= 0.3 is 0 Å². The number of rotatable bonds is 5. The van der Waals surface area contributed by atoms with E-state index in [1.54, 1.807) is 0 Å². The van der Waals surface area contributed by atoms with Crippen LogP contribution in [-0.4, -0.2) is 68.3 Å². The van der Waals surface area contributed by atoms with E-state index in [0.717, 1.165) is 30.2 Å². The summed E-state index contributed by atoms with van der Waals surface area (Å²) in [5.74, 6) is 1.48. The minimum Gasteiger partial charge on any atom is -0.486 e. The van der Waals surface area contributed by atoms with Crippen molar-refractivity contribution >= 4 is 5.91 Å². The SMILES string of the molecule is CN1CCN(C(=O)COC[C@H]2COc3ccccc3O2)[C@@H](c2ccccc2)C1. The van der Waals surface area contributed by atoms with Crippen molar-refractivity contribution in [2.24, 2.45) is 0 Å². The Morgan fingerprint density at radius 1 is 1.07 bits per heavy atom. The molecular weight excluding hydrogens is 356 g/mol. The molecule has 148 valence electrons. The number of hydrogen-bond acceptors (Lipinski definition) is 5. The number of hydrogen-bond donors (Lipinski definition) is 0. The van der Waals surface area contributed by atoms with E-state index in [2.05, 4.69) is 24.1 Å². The standard InChI is InChI=1S/C22H26N2O4/c1-23-11-12-24(19(13-23)17-7-3-2-4-8-17)22(25)16-26-14-18-15-27-20-9-5-6-10-21(20)28-18/h2-10,18-19H,11-16H2,1H3/t18-,19+/m0/s1. The van der Waals surface area contributed by atoms with Gasteiger partial charge in [-0.2, -0.15) is 0 Å². The first-order valence-corrected chi connectivity index (χ1v) is 9.70. The molecule has 0 saturated carbocycles. The molecule has 0 unspecified atom stereocenters. The van der Waals surface area contributed by atoms with Gasteiger partial charge in [0.1, 0.15) is 13.2 Å². The predicted molar refractivity (Wildman–Crippen MR) is 106 cm³/mol. The first kappa shape index (κ1) is 18.8. The Hall–Kier alpha value is -2.57. The number of nitrogens with zero attached hydrogens (tertiary/aromatic N) is 2. The van der Waals surface area contributed by atoms with E-state index in [0.29, 0.717) is 19.8 Å². The van der Waals surface area contributed by atoms with Gasteiger partial charge in [-0.25, -0.2) is 0 Å². The molecule has 2 aromatic rings. The van der Waals surface area contributed by atoms with Gasteiger partial charge in [0.2, 0.25) is 5.91 Å². The molecule has 6 heteroatoms. The smallest absolute Gasteiger partial charge is 0.249 e. The number of ether oxygens (including phenoxy) is 3. The van der Waals surface area contributed by atoms with Crippen LogP contribution in [-0.2, 0) is 9.53 Å². The van der Waals surface area contributed by atoms with Gasteiger partial charge in [0.25, 0.3) is 0 Å². The number of piperazine rings is 1. The molecule has 28 heavy (non-hydrogen) atoms. The molecule has 0 N–H and O–H groups in total. The fourth-order valence-corrected chi connectivity index (χ4v) is 3.68. The van der Waals surface area contributed by atoms with Crippen molar-refractivity contribution in [1.29, 1.82) is 0 Å². The van der Waals surface area contributed by atoms with Crippen LogP contribution >= 0.6 is 0 Å². The first-order valence-electron chi connectivity index (χ1n) is 9.70. The third-order valence-electron chi connectivity index (χ3n) is 5.18. The number of fused-ring (bicyclic) bond motifs is 1. The predicted octanol–water partition coefficient (Wildman–Crippen LogP) is 2.36. The highest BCUT2D eigenvalue weighted by molar-refractivity contribution is 5.78. The summed E-state index contributed by atoms with van der Waals surface area (Å²) in [5.41, 5.74) is 1.16. The molecule has 6 nitrogen and oxygen atoms in total. The number of amides is 1. The Balaban J connectivity index is 1.31. The van der Waals surface area contributed by atoms with Crippen molar-refractivity contribution in [3.63, 3.8) is 0 Å². The molecule has 2 heterocycles. The summed E-state index contributed by atoms with van der Waals surface area (Å²) in [4.78, 5) is 17.0. The third-order valence-corrected chi connectivity index (χ3v) is 5.18. The monoisotopic (exact) mass is 382 g/mol. The maximum absolute atomic E-state index is 12.8. The van der Waals surface area contributed by atoms with Crippen molar-refractivity contribution in [3.05, 3.63) is 60.2 Å². The average molecular weight is 382 g/mol. The number of likely N-dealkylation sites (N-methyl/N-ethyl adjacent to an activating group) is 1. The summed E-state index contributed by atoms with van der Waals surface area (Å²) in [6, 6.07) is 17.8. The lowest BCUT2D eigenvalue weighted by molar-refractivity contribution is -0.142. The minimum absolute atomic E-state index is 0.0130. The summed E-state index contributed by atoms with van der Waals surface area (Å²) in [6.45, 7) is 3.19. The fourth-order valence-electron chi connectivity index (χ4n) is 3.68. The van der Waals surface area contributed by atoms with Gasteiger partial charge in [0.05, 0.1) is 12.6 Å². The van der Waals surface area contributed by atoms with E-state index in [1.807, 2.05) is 47.4 Å². The molecular formula is C22H26N2O4. The Bertz CT molecular complexity index is 798. The van der Waals surface area contributed by atoms with Gasteiger partial charge in [-0.15, -0.1) is 0 Å². The summed E-state index contributed by atoms with van der Waals surface area (Å²) >= 11 is 0. The van der Waals surface area contributed by atoms with Crippen molar-refractivity contribution in [3.8, 4) is 11.5 Å². The molecule has 0 radical (unpaired) electrons. The lowest BCUT2D eigenvalue weighted by Gasteiger charge is -2.40. The molecule has 2 atom stereocenters. The second-order valence-corrected chi connectivity index (χ2v) is 7.29. The van der Waals surface area contributed by atoms with Crippen molar-refractivity contribution in [2.45, 2.75) is 12.1 Å². The van der Waals surface area contributed by atoms with Crippen molar-refractivity contribution < 1.29 is 19.0 Å². The summed E-state index contributed by atoms with van der Waals surface area (Å²) in [5, 5.41) is 0. The molecule has 2 aromatic carbocycles. The molecule has 1 saturated heterocycles.